The Morgan fingerprint density at radius 3 is 1.08 bits per heavy atom. The molecule has 0 radical (unpaired) electrons. The summed E-state index contributed by atoms with van der Waals surface area (Å²) < 4.78 is 18.5. The Morgan fingerprint density at radius 1 is 0.538 bits per heavy atom. The minimum atomic E-state index is -4.21. The zero-order chi connectivity index (χ0) is 18.6. The monoisotopic (exact) mass is 404 g/mol. The second kappa shape index (κ2) is 8.17. The first kappa shape index (κ1) is 18.8. The molecule has 0 bridgehead atoms. The van der Waals surface area contributed by atoms with Gasteiger partial charge in [0.25, 0.3) is 0 Å². The number of para-hydroxylation sites is 3. The van der Waals surface area contributed by atoms with Crippen LogP contribution in [0.3, 0.4) is 0 Å². The van der Waals surface area contributed by atoms with E-state index in [0.29, 0.717) is 17.2 Å². The molecule has 0 aliphatic rings. The van der Waals surface area contributed by atoms with E-state index in [1.807, 2.05) is 93.6 Å². The molecule has 3 aromatic carbocycles. The summed E-state index contributed by atoms with van der Waals surface area (Å²) in [6.07, 6.45) is 0. The van der Waals surface area contributed by atoms with Crippen molar-refractivity contribution >= 4 is 9.30 Å². The molecule has 0 aliphatic heterocycles. The van der Waals surface area contributed by atoms with Crippen LogP contribution in [0.25, 0.3) is 0 Å². The fourth-order valence-corrected chi connectivity index (χ4v) is 6.00. The molecular weight excluding hydrogens is 384 g/mol. The van der Waals surface area contributed by atoms with E-state index >= 15 is 0 Å². The number of hydrogen-bond donors (Lipinski definition) is 0. The molecule has 0 spiro atoms. The van der Waals surface area contributed by atoms with Gasteiger partial charge in [0, 0.05) is 0 Å². The van der Waals surface area contributed by atoms with Crippen molar-refractivity contribution < 1.29 is 26.6 Å². The molecule has 0 aromatic heterocycles. The number of hydrogen-bond acceptors (Lipinski definition) is 3. The first-order chi connectivity index (χ1) is 12.5. The van der Waals surface area contributed by atoms with Crippen LogP contribution in [0.5, 0.6) is 17.2 Å². The molecule has 26 heavy (non-hydrogen) atoms. The van der Waals surface area contributed by atoms with Gasteiger partial charge >= 0.3 is 163 Å². The zero-order valence-electron chi connectivity index (χ0n) is 15.0. The fourth-order valence-electron chi connectivity index (χ4n) is 2.47. The first-order valence-electron chi connectivity index (χ1n) is 8.40. The molecular formula is C21H21ClO3Ti. The van der Waals surface area contributed by atoms with E-state index in [4.69, 9.17) is 19.3 Å². The summed E-state index contributed by atoms with van der Waals surface area (Å²) in [7, 11) is 6.88. The summed E-state index contributed by atoms with van der Waals surface area (Å²) in [5.41, 5.74) is 2.93. The van der Waals surface area contributed by atoms with Gasteiger partial charge in [-0.25, -0.2) is 0 Å². The maximum atomic E-state index is 6.88. The summed E-state index contributed by atoms with van der Waals surface area (Å²) >= 11 is -4.21. The van der Waals surface area contributed by atoms with Crippen molar-refractivity contribution in [3.63, 3.8) is 0 Å². The molecule has 0 atom stereocenters. The molecule has 0 saturated heterocycles. The van der Waals surface area contributed by atoms with Crippen molar-refractivity contribution in [3.8, 4) is 17.2 Å². The van der Waals surface area contributed by atoms with Crippen LogP contribution in [0, 0.1) is 20.8 Å². The molecule has 0 amide bonds. The van der Waals surface area contributed by atoms with Crippen LogP contribution in [0.15, 0.2) is 72.8 Å². The van der Waals surface area contributed by atoms with Gasteiger partial charge in [0.1, 0.15) is 0 Å². The van der Waals surface area contributed by atoms with Gasteiger partial charge in [0.05, 0.1) is 0 Å². The molecule has 0 fully saturated rings. The maximum absolute atomic E-state index is 6.88. The second-order valence-electron chi connectivity index (χ2n) is 6.08. The molecule has 0 heterocycles. The van der Waals surface area contributed by atoms with Gasteiger partial charge in [-0.1, -0.05) is 0 Å². The predicted molar refractivity (Wildman–Crippen MR) is 101 cm³/mol. The van der Waals surface area contributed by atoms with Gasteiger partial charge in [-0.3, -0.25) is 0 Å². The van der Waals surface area contributed by atoms with Crippen LogP contribution in [-0.4, -0.2) is 0 Å². The Labute approximate surface area is 163 Å². The Balaban J connectivity index is 1.96. The van der Waals surface area contributed by atoms with Crippen molar-refractivity contribution in [2.75, 3.05) is 0 Å². The Bertz CT molecular complexity index is 782. The van der Waals surface area contributed by atoms with Crippen LogP contribution in [0.1, 0.15) is 16.7 Å². The van der Waals surface area contributed by atoms with Crippen LogP contribution in [-0.2, 0) is 16.7 Å². The van der Waals surface area contributed by atoms with E-state index in [9.17, 15) is 0 Å². The van der Waals surface area contributed by atoms with Crippen LogP contribution in [0.2, 0.25) is 0 Å². The third-order valence-corrected chi connectivity index (χ3v) is 7.10. The van der Waals surface area contributed by atoms with Crippen molar-refractivity contribution in [2.45, 2.75) is 20.8 Å². The van der Waals surface area contributed by atoms with E-state index in [-0.39, 0.29) is 0 Å². The summed E-state index contributed by atoms with van der Waals surface area (Å²) in [6.45, 7) is 5.91. The number of aryl methyl sites for hydroxylation is 3. The molecule has 0 unspecified atom stereocenters. The summed E-state index contributed by atoms with van der Waals surface area (Å²) in [5.74, 6) is 2.01. The average Bonchev–Trinajstić information content (AvgIpc) is 2.61. The SMILES string of the molecule is Cc1ccccc1[O][Ti]([Cl])([O]c1ccccc1C)[O]c1ccccc1C. The van der Waals surface area contributed by atoms with Crippen molar-refractivity contribution in [1.82, 2.24) is 0 Å². The van der Waals surface area contributed by atoms with Gasteiger partial charge in [0.15, 0.2) is 0 Å². The normalized spacial score (nSPS) is 11.1. The third kappa shape index (κ3) is 4.61. The van der Waals surface area contributed by atoms with Gasteiger partial charge in [-0.15, -0.1) is 0 Å². The van der Waals surface area contributed by atoms with Crippen molar-refractivity contribution in [1.29, 1.82) is 0 Å². The molecule has 5 heteroatoms. The predicted octanol–water partition coefficient (Wildman–Crippen LogP) is 6.20. The quantitative estimate of drug-likeness (QED) is 0.458. The van der Waals surface area contributed by atoms with Gasteiger partial charge < -0.3 is 0 Å². The molecule has 0 saturated carbocycles. The van der Waals surface area contributed by atoms with E-state index in [0.717, 1.165) is 16.7 Å². The van der Waals surface area contributed by atoms with Crippen molar-refractivity contribution in [2.24, 2.45) is 0 Å². The number of benzene rings is 3. The van der Waals surface area contributed by atoms with E-state index in [1.54, 1.807) is 0 Å². The second-order valence-corrected chi connectivity index (χ2v) is 10.5. The molecule has 0 aliphatic carbocycles. The van der Waals surface area contributed by atoms with Gasteiger partial charge in [-0.2, -0.15) is 0 Å². The van der Waals surface area contributed by atoms with Gasteiger partial charge in [-0.05, 0) is 0 Å². The average molecular weight is 405 g/mol. The molecule has 3 nitrogen and oxygen atoms in total. The van der Waals surface area contributed by atoms with Crippen LogP contribution < -0.4 is 9.96 Å². The van der Waals surface area contributed by atoms with E-state index in [1.165, 1.54) is 0 Å². The van der Waals surface area contributed by atoms with Gasteiger partial charge in [0.2, 0.25) is 0 Å². The van der Waals surface area contributed by atoms with Crippen molar-refractivity contribution in [3.05, 3.63) is 89.5 Å². The number of rotatable bonds is 6. The number of halogens is 1. The minimum absolute atomic E-state index is 0.671. The standard InChI is InChI=1S/3C7H8O.ClH.Ti/c3*1-6-4-2-3-5-7(6)8;;/h3*2-5,8H,1H3;1H;/q;;;;+4/p-4. The Hall–Kier alpha value is -1.94. The van der Waals surface area contributed by atoms with Crippen LogP contribution in [0.4, 0.5) is 0 Å². The van der Waals surface area contributed by atoms with E-state index < -0.39 is 16.7 Å². The summed E-state index contributed by atoms with van der Waals surface area (Å²) in [5, 5.41) is 0. The Kier molecular flexibility index (Phi) is 5.92. The molecule has 134 valence electrons. The van der Waals surface area contributed by atoms with Crippen LogP contribution >= 0.6 is 9.30 Å². The summed E-state index contributed by atoms with van der Waals surface area (Å²) in [6, 6.07) is 23.1. The molecule has 3 aromatic rings. The topological polar surface area (TPSA) is 27.7 Å². The molecule has 3 rings (SSSR count). The summed E-state index contributed by atoms with van der Waals surface area (Å²) in [4.78, 5) is 0. The Morgan fingerprint density at radius 2 is 0.808 bits per heavy atom. The van der Waals surface area contributed by atoms with E-state index in [2.05, 4.69) is 0 Å². The fraction of sp³-hybridized carbons (Fsp3) is 0.143. The first-order valence-corrected chi connectivity index (χ1v) is 12.5. The zero-order valence-corrected chi connectivity index (χ0v) is 17.3. The third-order valence-electron chi connectivity index (χ3n) is 3.98. The molecule has 0 N–H and O–H groups in total.